The minimum Gasteiger partial charge on any atom is -0.406 e. The summed E-state index contributed by atoms with van der Waals surface area (Å²) in [6.45, 7) is 4.29. The van der Waals surface area contributed by atoms with Crippen LogP contribution in [0.2, 0.25) is 5.02 Å². The van der Waals surface area contributed by atoms with Gasteiger partial charge < -0.3 is 20.8 Å². The number of benzene rings is 3. The summed E-state index contributed by atoms with van der Waals surface area (Å²) in [4.78, 5) is 2.49. The predicted octanol–water partition coefficient (Wildman–Crippen LogP) is 7.97. The molecule has 5 rings (SSSR count). The van der Waals surface area contributed by atoms with Gasteiger partial charge in [0.15, 0.2) is 0 Å². The molecule has 1 saturated heterocycles. The summed E-state index contributed by atoms with van der Waals surface area (Å²) in [6, 6.07) is 19.0. The Morgan fingerprint density at radius 1 is 0.907 bits per heavy atom. The van der Waals surface area contributed by atoms with E-state index in [0.29, 0.717) is 18.0 Å². The number of halogens is 6. The van der Waals surface area contributed by atoms with Crippen LogP contribution in [0.1, 0.15) is 36.0 Å². The van der Waals surface area contributed by atoms with Crippen molar-refractivity contribution in [2.45, 2.75) is 51.7 Å². The number of likely N-dealkylation sites (tertiary alicyclic amines) is 1. The molecule has 2 heterocycles. The summed E-state index contributed by atoms with van der Waals surface area (Å²) in [5.74, 6) is 0.350. The first-order valence-electron chi connectivity index (χ1n) is 14.1. The van der Waals surface area contributed by atoms with Crippen LogP contribution in [-0.2, 0) is 26.1 Å². The first-order chi connectivity index (χ1) is 19.7. The summed E-state index contributed by atoms with van der Waals surface area (Å²) in [6.07, 6.45) is 1.37. The van der Waals surface area contributed by atoms with E-state index in [2.05, 4.69) is 44.7 Å². The normalized spacial score (nSPS) is 14.4. The van der Waals surface area contributed by atoms with Crippen LogP contribution in [0, 0.1) is 5.92 Å². The monoisotopic (exact) mass is 656 g/mol. The van der Waals surface area contributed by atoms with E-state index in [4.69, 9.17) is 23.1 Å². The highest BCUT2D eigenvalue weighted by Crippen LogP contribution is 2.36. The van der Waals surface area contributed by atoms with Gasteiger partial charge in [0.25, 0.3) is 0 Å². The molecule has 4 N–H and O–H groups in total. The van der Waals surface area contributed by atoms with E-state index >= 15 is 0 Å². The highest BCUT2D eigenvalue weighted by molar-refractivity contribution is 6.31. The molecule has 0 aliphatic carbocycles. The molecule has 1 fully saturated rings. The first-order valence-corrected chi connectivity index (χ1v) is 14.5. The van der Waals surface area contributed by atoms with Crippen LogP contribution in [0.5, 0.6) is 5.75 Å². The minimum atomic E-state index is -4.76. The Morgan fingerprint density at radius 2 is 1.65 bits per heavy atom. The van der Waals surface area contributed by atoms with Gasteiger partial charge in [0, 0.05) is 47.3 Å². The van der Waals surface area contributed by atoms with Gasteiger partial charge in [0.2, 0.25) is 0 Å². The number of nitrogens with two attached hydrogens (primary N) is 2. The lowest BCUT2D eigenvalue weighted by molar-refractivity contribution is -0.274. The van der Waals surface area contributed by atoms with E-state index < -0.39 is 6.36 Å². The molecule has 0 spiro atoms. The number of piperidine rings is 1. The van der Waals surface area contributed by atoms with Gasteiger partial charge in [-0.25, -0.2) is 0 Å². The number of ether oxygens (including phenoxy) is 1. The molecule has 1 aliphatic rings. The van der Waals surface area contributed by atoms with Crippen molar-refractivity contribution in [3.05, 3.63) is 88.6 Å². The van der Waals surface area contributed by atoms with Gasteiger partial charge in [-0.3, -0.25) is 4.90 Å². The Balaban J connectivity index is 0.00000253. The van der Waals surface area contributed by atoms with Gasteiger partial charge in [-0.1, -0.05) is 41.9 Å². The number of aryl methyl sites for hydroxylation is 1. The van der Waals surface area contributed by atoms with Crippen LogP contribution in [0.4, 0.5) is 13.2 Å². The average Bonchev–Trinajstić information content (AvgIpc) is 3.30. The van der Waals surface area contributed by atoms with E-state index in [-0.39, 0.29) is 37.1 Å². The second-order valence-electron chi connectivity index (χ2n) is 10.8. The molecule has 0 radical (unpaired) electrons. The van der Waals surface area contributed by atoms with Crippen molar-refractivity contribution in [3.8, 4) is 16.9 Å². The molecule has 5 nitrogen and oxygen atoms in total. The average molecular weight is 658 g/mol. The molecule has 11 heteroatoms. The summed E-state index contributed by atoms with van der Waals surface area (Å²) >= 11 is 6.39. The summed E-state index contributed by atoms with van der Waals surface area (Å²) in [5.41, 5.74) is 17.6. The van der Waals surface area contributed by atoms with Gasteiger partial charge >= 0.3 is 6.36 Å². The molecular formula is C32H38Cl3F3N4O. The maximum absolute atomic E-state index is 12.8. The third-order valence-corrected chi connectivity index (χ3v) is 8.32. The lowest BCUT2D eigenvalue weighted by Crippen LogP contribution is -2.33. The van der Waals surface area contributed by atoms with Gasteiger partial charge in [0.05, 0.1) is 0 Å². The molecule has 0 unspecified atom stereocenters. The smallest absolute Gasteiger partial charge is 0.406 e. The lowest BCUT2D eigenvalue weighted by atomic mass is 9.90. The van der Waals surface area contributed by atoms with Gasteiger partial charge in [0.1, 0.15) is 5.75 Å². The van der Waals surface area contributed by atoms with Crippen LogP contribution >= 0.6 is 36.4 Å². The van der Waals surface area contributed by atoms with Crippen molar-refractivity contribution < 1.29 is 17.9 Å². The Labute approximate surface area is 268 Å². The van der Waals surface area contributed by atoms with Crippen molar-refractivity contribution in [2.24, 2.45) is 17.4 Å². The maximum atomic E-state index is 12.8. The minimum absolute atomic E-state index is 0. The third-order valence-electron chi connectivity index (χ3n) is 7.95. The summed E-state index contributed by atoms with van der Waals surface area (Å²) in [7, 11) is 0. The standard InChI is InChI=1S/C32H36ClF3N4O.2ClH/c33-30-5-2-1-4-24(30)16-22-10-14-39(15-11-22)20-23-6-9-31-28(17-23)29(21-40(31)13-3-12-37)27-8-7-26(18-25(27)19-38)41-32(34,35)36;;/h1-2,4-9,17-18,21-22H,3,10-16,19-20,37-38H2;2*1H. The van der Waals surface area contributed by atoms with E-state index in [1.54, 1.807) is 6.07 Å². The highest BCUT2D eigenvalue weighted by Gasteiger charge is 2.31. The molecule has 43 heavy (non-hydrogen) atoms. The Kier molecular flexibility index (Phi) is 12.6. The zero-order valence-electron chi connectivity index (χ0n) is 23.8. The predicted molar refractivity (Wildman–Crippen MR) is 173 cm³/mol. The van der Waals surface area contributed by atoms with E-state index in [1.807, 2.05) is 18.2 Å². The SMILES string of the molecule is Cl.Cl.NCCCn1cc(-c2ccc(OC(F)(F)F)cc2CN)c2cc(CN3CCC(Cc4ccccc4Cl)CC3)ccc21. The number of hydrogen-bond donors (Lipinski definition) is 2. The third kappa shape index (κ3) is 8.81. The summed E-state index contributed by atoms with van der Waals surface area (Å²) in [5, 5.41) is 1.89. The van der Waals surface area contributed by atoms with Crippen molar-refractivity contribution in [1.29, 1.82) is 0 Å². The van der Waals surface area contributed by atoms with Crippen molar-refractivity contribution in [1.82, 2.24) is 9.47 Å². The molecule has 0 saturated carbocycles. The van der Waals surface area contributed by atoms with Gasteiger partial charge in [-0.05, 0) is 104 Å². The van der Waals surface area contributed by atoms with Crippen LogP contribution in [-0.4, -0.2) is 35.5 Å². The molecule has 3 aromatic carbocycles. The van der Waals surface area contributed by atoms with Crippen LogP contribution in [0.15, 0.2) is 66.9 Å². The Bertz CT molecular complexity index is 1490. The molecule has 0 atom stereocenters. The number of nitrogens with zero attached hydrogens (tertiary/aromatic N) is 2. The number of rotatable bonds is 10. The van der Waals surface area contributed by atoms with Crippen LogP contribution in [0.25, 0.3) is 22.0 Å². The molecule has 4 aromatic rings. The van der Waals surface area contributed by atoms with E-state index in [9.17, 15) is 13.2 Å². The quantitative estimate of drug-likeness (QED) is 0.182. The Morgan fingerprint density at radius 3 is 2.33 bits per heavy atom. The van der Waals surface area contributed by atoms with Crippen LogP contribution in [0.3, 0.4) is 0 Å². The number of fused-ring (bicyclic) bond motifs is 1. The van der Waals surface area contributed by atoms with Gasteiger partial charge in [-0.15, -0.1) is 38.0 Å². The molecule has 0 bridgehead atoms. The molecule has 0 amide bonds. The van der Waals surface area contributed by atoms with Crippen LogP contribution < -0.4 is 16.2 Å². The topological polar surface area (TPSA) is 69.4 Å². The summed E-state index contributed by atoms with van der Waals surface area (Å²) < 4.78 is 44.8. The molecule has 234 valence electrons. The second-order valence-corrected chi connectivity index (χ2v) is 11.2. The van der Waals surface area contributed by atoms with E-state index in [0.717, 1.165) is 78.9 Å². The van der Waals surface area contributed by atoms with Crippen molar-refractivity contribution >= 4 is 47.3 Å². The molecular weight excluding hydrogens is 620 g/mol. The fraction of sp³-hybridized carbons (Fsp3) is 0.375. The second kappa shape index (κ2) is 15.5. The highest BCUT2D eigenvalue weighted by atomic mass is 35.5. The number of aromatic nitrogens is 1. The van der Waals surface area contributed by atoms with Gasteiger partial charge in [-0.2, -0.15) is 0 Å². The largest absolute Gasteiger partial charge is 0.573 e. The first kappa shape index (κ1) is 35.0. The lowest BCUT2D eigenvalue weighted by Gasteiger charge is -2.32. The molecule has 1 aromatic heterocycles. The zero-order valence-corrected chi connectivity index (χ0v) is 26.2. The van der Waals surface area contributed by atoms with Crippen molar-refractivity contribution in [3.63, 3.8) is 0 Å². The fourth-order valence-corrected chi connectivity index (χ4v) is 6.10. The number of hydrogen-bond acceptors (Lipinski definition) is 4. The maximum Gasteiger partial charge on any atom is 0.573 e. The fourth-order valence-electron chi connectivity index (χ4n) is 5.88. The molecule has 1 aliphatic heterocycles. The Hall–Kier alpha value is -2.46. The zero-order chi connectivity index (χ0) is 29.0. The van der Waals surface area contributed by atoms with Crippen molar-refractivity contribution in [2.75, 3.05) is 19.6 Å². The number of alkyl halides is 3. The van der Waals surface area contributed by atoms with E-state index in [1.165, 1.54) is 23.3 Å².